The van der Waals surface area contributed by atoms with Gasteiger partial charge in [0.2, 0.25) is 0 Å². The minimum atomic E-state index is -4.09. The lowest BCUT2D eigenvalue weighted by molar-refractivity contribution is 0.0977. The predicted molar refractivity (Wildman–Crippen MR) is 159 cm³/mol. The number of fused-ring (bicyclic) bond motifs is 1. The standard InChI is InChI=1S/C31H25ClN4O3S/c1-3-22-12-15-26(16-13-22)40(38,39)35-31(37)29-18-17-28-30(34-29)36(21(2)33-28)20-25-14-11-24(19-27(25)32)10-9-23-7-5-4-6-8-23/h3-19H,1,20H2,2H3,(H,35,37). The highest BCUT2D eigenvalue weighted by molar-refractivity contribution is 7.90. The summed E-state index contributed by atoms with van der Waals surface area (Å²) in [6, 6.07) is 24.9. The quantitative estimate of drug-likeness (QED) is 0.219. The molecule has 2 aromatic heterocycles. The van der Waals surface area contributed by atoms with E-state index in [2.05, 4.69) is 21.3 Å². The fraction of sp³-hybridized carbons (Fsp3) is 0.0645. The molecule has 5 aromatic rings. The molecule has 0 saturated heterocycles. The molecule has 2 heterocycles. The number of hydrogen-bond acceptors (Lipinski definition) is 5. The summed E-state index contributed by atoms with van der Waals surface area (Å²) in [5.74, 6) is -0.160. The third kappa shape index (κ3) is 5.88. The summed E-state index contributed by atoms with van der Waals surface area (Å²) in [7, 11) is -4.09. The number of halogens is 1. The smallest absolute Gasteiger partial charge is 0.283 e. The van der Waals surface area contributed by atoms with Crippen LogP contribution in [-0.4, -0.2) is 28.9 Å². The van der Waals surface area contributed by atoms with Gasteiger partial charge in [-0.05, 0) is 59.5 Å². The van der Waals surface area contributed by atoms with Crippen molar-refractivity contribution in [3.8, 4) is 0 Å². The highest BCUT2D eigenvalue weighted by atomic mass is 35.5. The van der Waals surface area contributed by atoms with E-state index < -0.39 is 15.9 Å². The van der Waals surface area contributed by atoms with Crippen LogP contribution in [0.15, 0.2) is 96.4 Å². The number of carbonyl (C=O) groups is 1. The summed E-state index contributed by atoms with van der Waals surface area (Å²) in [5, 5.41) is 0.582. The van der Waals surface area contributed by atoms with Crippen LogP contribution >= 0.6 is 11.6 Å². The van der Waals surface area contributed by atoms with Gasteiger partial charge in [-0.3, -0.25) is 4.79 Å². The summed E-state index contributed by atoms with van der Waals surface area (Å²) in [6.07, 6.45) is 5.62. The minimum absolute atomic E-state index is 0.0369. The molecule has 9 heteroatoms. The number of nitrogens with one attached hydrogen (secondary N) is 1. The number of imidazole rings is 1. The van der Waals surface area contributed by atoms with Crippen molar-refractivity contribution in [3.63, 3.8) is 0 Å². The lowest BCUT2D eigenvalue weighted by atomic mass is 10.1. The number of aromatic nitrogens is 3. The molecule has 7 nitrogen and oxygen atoms in total. The molecule has 0 bridgehead atoms. The fourth-order valence-electron chi connectivity index (χ4n) is 4.17. The Labute approximate surface area is 237 Å². The maximum absolute atomic E-state index is 12.9. The number of nitrogens with zero attached hydrogens (tertiary/aromatic N) is 3. The number of amides is 1. The molecule has 0 radical (unpaired) electrons. The third-order valence-electron chi connectivity index (χ3n) is 6.34. The zero-order valence-corrected chi connectivity index (χ0v) is 23.2. The normalized spacial score (nSPS) is 11.7. The number of sulfonamides is 1. The number of benzene rings is 3. The van der Waals surface area contributed by atoms with Crippen molar-refractivity contribution in [1.29, 1.82) is 0 Å². The second kappa shape index (κ2) is 11.3. The first-order valence-electron chi connectivity index (χ1n) is 12.4. The largest absolute Gasteiger partial charge is 0.308 e. The van der Waals surface area contributed by atoms with Crippen LogP contribution in [0.4, 0.5) is 0 Å². The van der Waals surface area contributed by atoms with E-state index in [-0.39, 0.29) is 10.6 Å². The van der Waals surface area contributed by atoms with Gasteiger partial charge in [-0.2, -0.15) is 0 Å². The van der Waals surface area contributed by atoms with Gasteiger partial charge >= 0.3 is 0 Å². The zero-order valence-electron chi connectivity index (χ0n) is 21.6. The number of rotatable bonds is 8. The Bertz CT molecular complexity index is 1860. The molecule has 5 rings (SSSR count). The molecule has 1 amide bonds. The van der Waals surface area contributed by atoms with Crippen LogP contribution < -0.4 is 4.72 Å². The van der Waals surface area contributed by atoms with Gasteiger partial charge in [0.15, 0.2) is 5.65 Å². The predicted octanol–water partition coefficient (Wildman–Crippen LogP) is 6.37. The summed E-state index contributed by atoms with van der Waals surface area (Å²) < 4.78 is 29.5. The third-order valence-corrected chi connectivity index (χ3v) is 8.04. The van der Waals surface area contributed by atoms with Crippen molar-refractivity contribution < 1.29 is 13.2 Å². The van der Waals surface area contributed by atoms with Crippen molar-refractivity contribution in [2.75, 3.05) is 0 Å². The highest BCUT2D eigenvalue weighted by Gasteiger charge is 2.21. The Morgan fingerprint density at radius 3 is 2.33 bits per heavy atom. The van der Waals surface area contributed by atoms with Crippen molar-refractivity contribution in [2.24, 2.45) is 0 Å². The number of hydrogen-bond donors (Lipinski definition) is 1. The van der Waals surface area contributed by atoms with Gasteiger partial charge in [-0.15, -0.1) is 0 Å². The van der Waals surface area contributed by atoms with Crippen molar-refractivity contribution in [2.45, 2.75) is 18.4 Å². The fourth-order valence-corrected chi connectivity index (χ4v) is 5.38. The Morgan fingerprint density at radius 1 is 0.925 bits per heavy atom. The van der Waals surface area contributed by atoms with Crippen LogP contribution in [0.1, 0.15) is 38.6 Å². The minimum Gasteiger partial charge on any atom is -0.308 e. The monoisotopic (exact) mass is 568 g/mol. The number of pyridine rings is 1. The second-order valence-electron chi connectivity index (χ2n) is 9.09. The van der Waals surface area contributed by atoms with Crippen LogP contribution in [-0.2, 0) is 16.6 Å². The van der Waals surface area contributed by atoms with E-state index in [0.29, 0.717) is 28.6 Å². The summed E-state index contributed by atoms with van der Waals surface area (Å²) >= 11 is 6.64. The van der Waals surface area contributed by atoms with Crippen LogP contribution in [0, 0.1) is 6.92 Å². The summed E-state index contributed by atoms with van der Waals surface area (Å²) in [4.78, 5) is 21.9. The lowest BCUT2D eigenvalue weighted by Crippen LogP contribution is -2.31. The molecule has 0 fully saturated rings. The SMILES string of the molecule is C=Cc1ccc(S(=O)(=O)NC(=O)c2ccc3nc(C)n(Cc4ccc(C=Cc5ccccc5)cc4Cl)c3n2)cc1. The van der Waals surface area contributed by atoms with Gasteiger partial charge in [-0.1, -0.05) is 91.0 Å². The number of aryl methyl sites for hydroxylation is 1. The molecular formula is C31H25ClN4O3S. The maximum atomic E-state index is 12.9. The molecule has 0 spiro atoms. The molecule has 200 valence electrons. The van der Waals surface area contributed by atoms with Crippen LogP contribution in [0.2, 0.25) is 5.02 Å². The molecule has 40 heavy (non-hydrogen) atoms. The molecule has 0 aliphatic carbocycles. The van der Waals surface area contributed by atoms with Crippen molar-refractivity contribution >= 4 is 56.9 Å². The highest BCUT2D eigenvalue weighted by Crippen LogP contribution is 2.24. The van der Waals surface area contributed by atoms with E-state index in [0.717, 1.165) is 22.3 Å². The van der Waals surface area contributed by atoms with E-state index >= 15 is 0 Å². The van der Waals surface area contributed by atoms with E-state index in [1.165, 1.54) is 18.2 Å². The molecular weight excluding hydrogens is 544 g/mol. The molecule has 0 atom stereocenters. The Balaban J connectivity index is 1.38. The summed E-state index contributed by atoms with van der Waals surface area (Å²) in [6.45, 7) is 5.86. The van der Waals surface area contributed by atoms with Crippen molar-refractivity contribution in [1.82, 2.24) is 19.3 Å². The average molecular weight is 569 g/mol. The number of carbonyl (C=O) groups excluding carboxylic acids is 1. The Morgan fingerprint density at radius 2 is 1.62 bits per heavy atom. The van der Waals surface area contributed by atoms with Crippen LogP contribution in [0.3, 0.4) is 0 Å². The first-order chi connectivity index (χ1) is 19.2. The van der Waals surface area contributed by atoms with Crippen LogP contribution in [0.5, 0.6) is 0 Å². The van der Waals surface area contributed by atoms with Crippen LogP contribution in [0.25, 0.3) is 29.4 Å². The summed E-state index contributed by atoms with van der Waals surface area (Å²) in [5.41, 5.74) is 4.64. The van der Waals surface area contributed by atoms with Crippen molar-refractivity contribution in [3.05, 3.63) is 130 Å². The van der Waals surface area contributed by atoms with Gasteiger partial charge in [0.05, 0.1) is 11.4 Å². The molecule has 0 saturated carbocycles. The van der Waals surface area contributed by atoms with E-state index in [4.69, 9.17) is 11.6 Å². The van der Waals surface area contributed by atoms with Gasteiger partial charge < -0.3 is 4.57 Å². The molecule has 3 aromatic carbocycles. The van der Waals surface area contributed by atoms with E-state index in [1.807, 2.05) is 72.2 Å². The first-order valence-corrected chi connectivity index (χ1v) is 14.2. The van der Waals surface area contributed by atoms with Gasteiger partial charge in [0.25, 0.3) is 15.9 Å². The first kappa shape index (κ1) is 27.1. The lowest BCUT2D eigenvalue weighted by Gasteiger charge is -2.10. The zero-order chi connectivity index (χ0) is 28.3. The topological polar surface area (TPSA) is 94.0 Å². The van der Waals surface area contributed by atoms with E-state index in [9.17, 15) is 13.2 Å². The van der Waals surface area contributed by atoms with Gasteiger partial charge in [-0.25, -0.2) is 23.1 Å². The maximum Gasteiger partial charge on any atom is 0.283 e. The molecule has 1 N–H and O–H groups in total. The van der Waals surface area contributed by atoms with E-state index in [1.54, 1.807) is 24.3 Å². The molecule has 0 aliphatic heterocycles. The Hall–Kier alpha value is -4.53. The second-order valence-corrected chi connectivity index (χ2v) is 11.2. The molecule has 0 aliphatic rings. The van der Waals surface area contributed by atoms with Gasteiger partial charge in [0.1, 0.15) is 17.0 Å². The Kier molecular flexibility index (Phi) is 7.64. The molecule has 0 unspecified atom stereocenters. The van der Waals surface area contributed by atoms with Gasteiger partial charge in [0, 0.05) is 5.02 Å². The average Bonchev–Trinajstić information content (AvgIpc) is 3.27.